The van der Waals surface area contributed by atoms with Crippen LogP contribution >= 0.6 is 0 Å². The van der Waals surface area contributed by atoms with Crippen molar-refractivity contribution in [2.24, 2.45) is 0 Å². The van der Waals surface area contributed by atoms with Crippen molar-refractivity contribution in [3.8, 4) is 23.0 Å². The molecular formula is C20H23NO7. The fraction of sp³-hybridized carbons (Fsp3) is 0.300. The molecule has 0 fully saturated rings. The van der Waals surface area contributed by atoms with Gasteiger partial charge in [0, 0.05) is 17.7 Å². The van der Waals surface area contributed by atoms with Crippen molar-refractivity contribution in [1.29, 1.82) is 0 Å². The van der Waals surface area contributed by atoms with Crippen molar-refractivity contribution >= 4 is 11.9 Å². The van der Waals surface area contributed by atoms with E-state index in [0.29, 0.717) is 28.6 Å². The zero-order valence-electron chi connectivity index (χ0n) is 16.1. The molecule has 8 heteroatoms. The zero-order valence-corrected chi connectivity index (χ0v) is 16.1. The van der Waals surface area contributed by atoms with Gasteiger partial charge < -0.3 is 29.4 Å². The number of carbonyl (C=O) groups excluding carboxylic acids is 1. The van der Waals surface area contributed by atoms with Crippen LogP contribution in [-0.2, 0) is 4.79 Å². The summed E-state index contributed by atoms with van der Waals surface area (Å²) in [6, 6.07) is 8.90. The van der Waals surface area contributed by atoms with Crippen molar-refractivity contribution in [2.45, 2.75) is 12.5 Å². The molecule has 0 heterocycles. The van der Waals surface area contributed by atoms with Crippen LogP contribution in [0.5, 0.6) is 23.0 Å². The number of nitrogens with one attached hydrogen (secondary N) is 1. The zero-order chi connectivity index (χ0) is 20.7. The van der Waals surface area contributed by atoms with E-state index in [4.69, 9.17) is 18.9 Å². The number of carboxylic acids is 1. The van der Waals surface area contributed by atoms with E-state index in [2.05, 4.69) is 5.32 Å². The van der Waals surface area contributed by atoms with Gasteiger partial charge >= 0.3 is 5.97 Å². The lowest BCUT2D eigenvalue weighted by Crippen LogP contribution is -2.30. The Balaban J connectivity index is 2.38. The van der Waals surface area contributed by atoms with E-state index in [1.807, 2.05) is 0 Å². The fourth-order valence-corrected chi connectivity index (χ4v) is 2.74. The number of carboxylic acid groups (broad SMARTS) is 1. The third-order valence-corrected chi connectivity index (χ3v) is 4.15. The minimum absolute atomic E-state index is 0.256. The number of methoxy groups -OCH3 is 4. The minimum atomic E-state index is -1.06. The lowest BCUT2D eigenvalue weighted by atomic mass is 10.0. The first-order chi connectivity index (χ1) is 13.4. The highest BCUT2D eigenvalue weighted by Gasteiger charge is 2.24. The van der Waals surface area contributed by atoms with Crippen molar-refractivity contribution in [2.75, 3.05) is 28.4 Å². The average Bonchev–Trinajstić information content (AvgIpc) is 2.71. The normalized spacial score (nSPS) is 11.3. The Morgan fingerprint density at radius 1 is 0.893 bits per heavy atom. The molecule has 0 spiro atoms. The molecule has 8 nitrogen and oxygen atoms in total. The highest BCUT2D eigenvalue weighted by molar-refractivity contribution is 5.97. The Hall–Kier alpha value is -3.42. The van der Waals surface area contributed by atoms with Gasteiger partial charge in [0.2, 0.25) is 0 Å². The number of rotatable bonds is 9. The Morgan fingerprint density at radius 3 is 2.00 bits per heavy atom. The first-order valence-electron chi connectivity index (χ1n) is 8.40. The molecule has 2 aromatic carbocycles. The van der Waals surface area contributed by atoms with E-state index in [0.717, 1.165) is 0 Å². The van der Waals surface area contributed by atoms with Crippen molar-refractivity contribution in [3.63, 3.8) is 0 Å². The molecule has 1 amide bonds. The molecule has 0 aliphatic rings. The number of amides is 1. The van der Waals surface area contributed by atoms with Crippen LogP contribution in [0.1, 0.15) is 28.4 Å². The van der Waals surface area contributed by atoms with Crippen LogP contribution in [0.2, 0.25) is 0 Å². The van der Waals surface area contributed by atoms with Gasteiger partial charge in [-0.2, -0.15) is 0 Å². The van der Waals surface area contributed by atoms with Gasteiger partial charge in [0.1, 0.15) is 23.0 Å². The Kier molecular flexibility index (Phi) is 7.08. The third kappa shape index (κ3) is 4.85. The fourth-order valence-electron chi connectivity index (χ4n) is 2.74. The number of hydrogen-bond acceptors (Lipinski definition) is 6. The maximum atomic E-state index is 12.8. The first kappa shape index (κ1) is 20.9. The Labute approximate surface area is 163 Å². The lowest BCUT2D eigenvalue weighted by Gasteiger charge is -2.21. The summed E-state index contributed by atoms with van der Waals surface area (Å²) >= 11 is 0. The van der Waals surface area contributed by atoms with Gasteiger partial charge in [-0.05, 0) is 24.3 Å². The summed E-state index contributed by atoms with van der Waals surface area (Å²) < 4.78 is 20.9. The van der Waals surface area contributed by atoms with E-state index in [1.54, 1.807) is 36.4 Å². The molecular weight excluding hydrogens is 366 g/mol. The SMILES string of the molecule is COc1ccc(C(=O)NC(CC(=O)O)c2ccc(OC)cc2OC)c(OC)c1. The second-order valence-corrected chi connectivity index (χ2v) is 5.80. The summed E-state index contributed by atoms with van der Waals surface area (Å²) in [6.07, 6.45) is -0.326. The minimum Gasteiger partial charge on any atom is -0.497 e. The third-order valence-electron chi connectivity index (χ3n) is 4.15. The van der Waals surface area contributed by atoms with Crippen LogP contribution < -0.4 is 24.3 Å². The van der Waals surface area contributed by atoms with Crippen molar-refractivity contribution < 1.29 is 33.6 Å². The standard InChI is InChI=1S/C20H23NO7/c1-25-12-5-7-14(17(9-12)27-3)16(11-19(22)23)21-20(24)15-8-6-13(26-2)10-18(15)28-4/h5-10,16H,11H2,1-4H3,(H,21,24)(H,22,23). The highest BCUT2D eigenvalue weighted by atomic mass is 16.5. The average molecular weight is 389 g/mol. The summed E-state index contributed by atoms with van der Waals surface area (Å²) in [4.78, 5) is 24.2. The molecule has 0 aliphatic heterocycles. The van der Waals surface area contributed by atoms with Gasteiger partial charge in [0.05, 0.1) is 46.5 Å². The smallest absolute Gasteiger partial charge is 0.305 e. The predicted molar refractivity (Wildman–Crippen MR) is 102 cm³/mol. The lowest BCUT2D eigenvalue weighted by molar-refractivity contribution is -0.137. The molecule has 1 atom stereocenters. The van der Waals surface area contributed by atoms with E-state index in [1.165, 1.54) is 28.4 Å². The molecule has 28 heavy (non-hydrogen) atoms. The number of carbonyl (C=O) groups is 2. The Bertz CT molecular complexity index is 850. The quantitative estimate of drug-likeness (QED) is 0.679. The summed E-state index contributed by atoms with van der Waals surface area (Å²) in [7, 11) is 5.92. The predicted octanol–water partition coefficient (Wildman–Crippen LogP) is 2.67. The van der Waals surface area contributed by atoms with Crippen LogP contribution in [0.15, 0.2) is 36.4 Å². The summed E-state index contributed by atoms with van der Waals surface area (Å²) in [6.45, 7) is 0. The van der Waals surface area contributed by atoms with Gasteiger partial charge in [-0.3, -0.25) is 9.59 Å². The van der Waals surface area contributed by atoms with E-state index < -0.39 is 17.9 Å². The van der Waals surface area contributed by atoms with E-state index >= 15 is 0 Å². The molecule has 0 aliphatic carbocycles. The van der Waals surface area contributed by atoms with Gasteiger partial charge in [-0.25, -0.2) is 0 Å². The van der Waals surface area contributed by atoms with Gasteiger partial charge in [-0.1, -0.05) is 0 Å². The van der Waals surface area contributed by atoms with E-state index in [9.17, 15) is 14.7 Å². The molecule has 0 saturated heterocycles. The highest BCUT2D eigenvalue weighted by Crippen LogP contribution is 2.32. The monoisotopic (exact) mass is 389 g/mol. The van der Waals surface area contributed by atoms with E-state index in [-0.39, 0.29) is 12.0 Å². The van der Waals surface area contributed by atoms with Crippen LogP contribution in [0.4, 0.5) is 0 Å². The van der Waals surface area contributed by atoms with Crippen LogP contribution in [0.25, 0.3) is 0 Å². The molecule has 0 bridgehead atoms. The molecule has 0 aromatic heterocycles. The van der Waals surface area contributed by atoms with Crippen molar-refractivity contribution in [3.05, 3.63) is 47.5 Å². The summed E-state index contributed by atoms with van der Waals surface area (Å²) in [5.74, 6) is 0.263. The number of benzene rings is 2. The Morgan fingerprint density at radius 2 is 1.46 bits per heavy atom. The second-order valence-electron chi connectivity index (χ2n) is 5.80. The topological polar surface area (TPSA) is 103 Å². The second kappa shape index (κ2) is 9.50. The number of aliphatic carboxylic acids is 1. The molecule has 0 radical (unpaired) electrons. The van der Waals surface area contributed by atoms with Crippen LogP contribution in [-0.4, -0.2) is 45.4 Å². The maximum absolute atomic E-state index is 12.8. The molecule has 0 saturated carbocycles. The molecule has 2 N–H and O–H groups in total. The van der Waals surface area contributed by atoms with Gasteiger partial charge in [-0.15, -0.1) is 0 Å². The number of hydrogen-bond donors (Lipinski definition) is 2. The molecule has 2 rings (SSSR count). The summed E-state index contributed by atoms with van der Waals surface area (Å²) in [5, 5.41) is 12.0. The van der Waals surface area contributed by atoms with Crippen molar-refractivity contribution in [1.82, 2.24) is 5.32 Å². The largest absolute Gasteiger partial charge is 0.497 e. The van der Waals surface area contributed by atoms with Gasteiger partial charge in [0.15, 0.2) is 0 Å². The maximum Gasteiger partial charge on any atom is 0.305 e. The first-order valence-corrected chi connectivity index (χ1v) is 8.40. The van der Waals surface area contributed by atoms with Crippen LogP contribution in [0, 0.1) is 0 Å². The molecule has 1 unspecified atom stereocenters. The van der Waals surface area contributed by atoms with Gasteiger partial charge in [0.25, 0.3) is 5.91 Å². The molecule has 2 aromatic rings. The number of ether oxygens (including phenoxy) is 4. The van der Waals surface area contributed by atoms with Crippen LogP contribution in [0.3, 0.4) is 0 Å². The summed E-state index contributed by atoms with van der Waals surface area (Å²) in [5.41, 5.74) is 0.776. The molecule has 150 valence electrons.